The summed E-state index contributed by atoms with van der Waals surface area (Å²) in [5.41, 5.74) is -1.96. The number of nitrogens with zero attached hydrogens (tertiary/aromatic N) is 5. The highest BCUT2D eigenvalue weighted by molar-refractivity contribution is 6.11. The van der Waals surface area contributed by atoms with Gasteiger partial charge in [0.25, 0.3) is 5.91 Å². The van der Waals surface area contributed by atoms with Crippen LogP contribution in [-0.4, -0.2) is 37.0 Å². The number of aliphatic imine (C=N–C) groups is 1. The van der Waals surface area contributed by atoms with E-state index in [-0.39, 0.29) is 28.3 Å². The second kappa shape index (κ2) is 10.0. The minimum Gasteiger partial charge on any atom is -0.505 e. The van der Waals surface area contributed by atoms with Gasteiger partial charge in [0, 0.05) is 30.6 Å². The number of hydrogen-bond acceptors (Lipinski definition) is 6. The summed E-state index contributed by atoms with van der Waals surface area (Å²) in [5, 5.41) is 33.0. The molecule has 4 aromatic rings. The number of nitriles is 1. The SMILES string of the molecule is Cn1cc(C(=O)NC(=Nc2cc(-c3ccc(O)c(F)c3)[nH]n2)Nc2ccc(F)c(C#N)c2)c(C(F)(F)F)n1. The number of phenolic OH excluding ortho intramolecular Hbond substituents is 1. The molecule has 4 N–H and O–H groups in total. The van der Waals surface area contributed by atoms with Crippen molar-refractivity contribution in [3.05, 3.63) is 77.1 Å². The number of nitrogens with one attached hydrogen (secondary N) is 3. The molecule has 0 aliphatic rings. The predicted molar refractivity (Wildman–Crippen MR) is 123 cm³/mol. The number of alkyl halides is 3. The van der Waals surface area contributed by atoms with Crippen LogP contribution in [0.1, 0.15) is 21.6 Å². The molecule has 2 aromatic carbocycles. The number of hydrogen-bond donors (Lipinski definition) is 4. The second-order valence-corrected chi connectivity index (χ2v) is 7.71. The first-order valence-corrected chi connectivity index (χ1v) is 10.5. The lowest BCUT2D eigenvalue weighted by Crippen LogP contribution is -2.36. The number of halogens is 5. The third kappa shape index (κ3) is 5.59. The molecule has 15 heteroatoms. The number of phenols is 1. The van der Waals surface area contributed by atoms with Gasteiger partial charge >= 0.3 is 6.18 Å². The topological polar surface area (TPSA) is 144 Å². The predicted octanol–water partition coefficient (Wildman–Crippen LogP) is 4.21. The van der Waals surface area contributed by atoms with Crippen LogP contribution in [0.5, 0.6) is 5.75 Å². The Hall–Kier alpha value is -5.26. The Labute approximate surface area is 210 Å². The quantitative estimate of drug-likeness (QED) is 0.177. The zero-order valence-electron chi connectivity index (χ0n) is 19.1. The molecule has 10 nitrogen and oxygen atoms in total. The maximum atomic E-state index is 13.7. The van der Waals surface area contributed by atoms with Crippen molar-refractivity contribution in [2.24, 2.45) is 12.0 Å². The van der Waals surface area contributed by atoms with Gasteiger partial charge in [0.05, 0.1) is 16.8 Å². The monoisotopic (exact) mass is 530 g/mol. The number of anilines is 1. The largest absolute Gasteiger partial charge is 0.505 e. The molecular weight excluding hydrogens is 515 g/mol. The molecule has 194 valence electrons. The molecule has 0 saturated carbocycles. The Morgan fingerprint density at radius 3 is 2.61 bits per heavy atom. The van der Waals surface area contributed by atoms with Crippen molar-refractivity contribution in [3.8, 4) is 23.1 Å². The summed E-state index contributed by atoms with van der Waals surface area (Å²) in [6, 6.07) is 9.78. The van der Waals surface area contributed by atoms with Gasteiger partial charge in [-0.1, -0.05) is 0 Å². The molecule has 0 fully saturated rings. The van der Waals surface area contributed by atoms with E-state index < -0.39 is 46.7 Å². The van der Waals surface area contributed by atoms with Crippen LogP contribution in [0.25, 0.3) is 11.3 Å². The first-order chi connectivity index (χ1) is 17.9. The fourth-order valence-corrected chi connectivity index (χ4v) is 3.26. The van der Waals surface area contributed by atoms with Gasteiger partial charge in [-0.15, -0.1) is 0 Å². The Bertz CT molecular complexity index is 1600. The molecule has 2 aromatic heterocycles. The number of benzene rings is 2. The van der Waals surface area contributed by atoms with E-state index in [0.717, 1.165) is 35.1 Å². The van der Waals surface area contributed by atoms with Gasteiger partial charge in [-0.3, -0.25) is 19.9 Å². The molecule has 0 spiro atoms. The molecule has 0 aliphatic carbocycles. The molecule has 0 saturated heterocycles. The van der Waals surface area contributed by atoms with Crippen molar-refractivity contribution in [2.75, 3.05) is 5.32 Å². The molecule has 0 unspecified atom stereocenters. The third-order valence-corrected chi connectivity index (χ3v) is 4.97. The van der Waals surface area contributed by atoms with E-state index in [9.17, 15) is 31.9 Å². The van der Waals surface area contributed by atoms with Crippen LogP contribution in [0, 0.1) is 23.0 Å². The summed E-state index contributed by atoms with van der Waals surface area (Å²) in [6.45, 7) is 0. The Morgan fingerprint density at radius 2 is 1.92 bits per heavy atom. The maximum Gasteiger partial charge on any atom is 0.435 e. The van der Waals surface area contributed by atoms with Crippen LogP contribution in [0.4, 0.5) is 33.5 Å². The van der Waals surface area contributed by atoms with Crippen LogP contribution >= 0.6 is 0 Å². The number of rotatable bonds is 4. The van der Waals surface area contributed by atoms with Gasteiger partial charge in [0.1, 0.15) is 11.9 Å². The van der Waals surface area contributed by atoms with Gasteiger partial charge in [-0.25, -0.2) is 8.78 Å². The van der Waals surface area contributed by atoms with Gasteiger partial charge < -0.3 is 10.4 Å². The fourth-order valence-electron chi connectivity index (χ4n) is 3.26. The highest BCUT2D eigenvalue weighted by Gasteiger charge is 2.39. The molecule has 1 amide bonds. The molecule has 4 rings (SSSR count). The fraction of sp³-hybridized carbons (Fsp3) is 0.0870. The van der Waals surface area contributed by atoms with Gasteiger partial charge in [0.15, 0.2) is 23.1 Å². The van der Waals surface area contributed by atoms with E-state index >= 15 is 0 Å². The van der Waals surface area contributed by atoms with Gasteiger partial charge in [-0.2, -0.15) is 33.6 Å². The van der Waals surface area contributed by atoms with Crippen LogP contribution in [0.2, 0.25) is 0 Å². The molecule has 38 heavy (non-hydrogen) atoms. The number of amides is 1. The number of aromatic hydroxyl groups is 1. The minimum atomic E-state index is -4.92. The van der Waals surface area contributed by atoms with Crippen LogP contribution in [0.3, 0.4) is 0 Å². The molecule has 0 radical (unpaired) electrons. The Morgan fingerprint density at radius 1 is 1.16 bits per heavy atom. The van der Waals surface area contributed by atoms with E-state index in [1.54, 1.807) is 6.07 Å². The summed E-state index contributed by atoms with van der Waals surface area (Å²) < 4.78 is 68.4. The minimum absolute atomic E-state index is 0.0700. The summed E-state index contributed by atoms with van der Waals surface area (Å²) >= 11 is 0. The number of aromatic nitrogens is 4. The highest BCUT2D eigenvalue weighted by atomic mass is 19.4. The molecule has 0 bridgehead atoms. The van der Waals surface area contributed by atoms with Crippen molar-refractivity contribution < 1.29 is 31.9 Å². The maximum absolute atomic E-state index is 13.7. The van der Waals surface area contributed by atoms with Crippen LogP contribution in [-0.2, 0) is 13.2 Å². The number of H-pyrrole nitrogens is 1. The normalized spacial score (nSPS) is 11.8. The number of aromatic amines is 1. The Kier molecular flexibility index (Phi) is 6.80. The van der Waals surface area contributed by atoms with E-state index in [1.807, 2.05) is 0 Å². The van der Waals surface area contributed by atoms with Gasteiger partial charge in [0.2, 0.25) is 5.96 Å². The lowest BCUT2D eigenvalue weighted by atomic mass is 10.1. The standard InChI is InChI=1S/C23H15F5N8O2/c1-36-10-14(20(35-36)23(26,27)28)21(38)32-22(30-13-3-4-15(24)12(6-13)9-29)31-19-8-17(33-34-19)11-2-5-18(37)16(25)7-11/h2-8,10,37H,1H3,(H3,30,31,32,33,34,38). The van der Waals surface area contributed by atoms with E-state index in [2.05, 4.69) is 30.9 Å². The molecule has 0 atom stereocenters. The lowest BCUT2D eigenvalue weighted by molar-refractivity contribution is -0.141. The van der Waals surface area contributed by atoms with Crippen molar-refractivity contribution in [1.82, 2.24) is 25.3 Å². The zero-order chi connectivity index (χ0) is 27.6. The van der Waals surface area contributed by atoms with Gasteiger partial charge in [-0.05, 0) is 36.4 Å². The first-order valence-electron chi connectivity index (χ1n) is 10.5. The summed E-state index contributed by atoms with van der Waals surface area (Å²) in [6.07, 6.45) is -4.05. The summed E-state index contributed by atoms with van der Waals surface area (Å²) in [5.74, 6) is -4.03. The lowest BCUT2D eigenvalue weighted by Gasteiger charge is -2.12. The smallest absolute Gasteiger partial charge is 0.435 e. The van der Waals surface area contributed by atoms with Crippen molar-refractivity contribution in [1.29, 1.82) is 5.26 Å². The average molecular weight is 530 g/mol. The van der Waals surface area contributed by atoms with Crippen LogP contribution < -0.4 is 10.6 Å². The van der Waals surface area contributed by atoms with E-state index in [4.69, 9.17) is 5.26 Å². The molecule has 0 aliphatic heterocycles. The zero-order valence-corrected chi connectivity index (χ0v) is 19.1. The van der Waals surface area contributed by atoms with E-state index in [0.29, 0.717) is 0 Å². The first kappa shape index (κ1) is 25.8. The highest BCUT2D eigenvalue weighted by Crippen LogP contribution is 2.30. The number of carbonyl (C=O) groups is 1. The van der Waals surface area contributed by atoms with Crippen molar-refractivity contribution in [2.45, 2.75) is 6.18 Å². The molecule has 2 heterocycles. The number of guanidine groups is 1. The summed E-state index contributed by atoms with van der Waals surface area (Å²) in [4.78, 5) is 16.9. The van der Waals surface area contributed by atoms with Crippen molar-refractivity contribution in [3.63, 3.8) is 0 Å². The third-order valence-electron chi connectivity index (χ3n) is 4.97. The Balaban J connectivity index is 1.70. The van der Waals surface area contributed by atoms with Crippen molar-refractivity contribution >= 4 is 23.4 Å². The average Bonchev–Trinajstić information content (AvgIpc) is 3.48. The van der Waals surface area contributed by atoms with E-state index in [1.165, 1.54) is 25.2 Å². The second-order valence-electron chi connectivity index (χ2n) is 7.71. The molecular formula is C23H15F5N8O2. The number of aryl methyl sites for hydroxylation is 1. The summed E-state index contributed by atoms with van der Waals surface area (Å²) in [7, 11) is 1.21. The van der Waals surface area contributed by atoms with Crippen LogP contribution in [0.15, 0.2) is 53.7 Å². The number of carbonyl (C=O) groups excluding carboxylic acids is 1.